The molecule has 0 saturated heterocycles. The van der Waals surface area contributed by atoms with Crippen LogP contribution in [0.15, 0.2) is 60.8 Å². The van der Waals surface area contributed by atoms with Crippen molar-refractivity contribution in [3.8, 4) is 11.6 Å². The summed E-state index contributed by atoms with van der Waals surface area (Å²) in [5.41, 5.74) is 8.87. The van der Waals surface area contributed by atoms with Gasteiger partial charge in [-0.15, -0.1) is 0 Å². The number of aryl methyl sites for hydroxylation is 1. The van der Waals surface area contributed by atoms with Gasteiger partial charge in [-0.2, -0.15) is 13.2 Å². The van der Waals surface area contributed by atoms with Gasteiger partial charge in [0.25, 0.3) is 0 Å². The van der Waals surface area contributed by atoms with Crippen LogP contribution in [0.25, 0.3) is 10.9 Å². The van der Waals surface area contributed by atoms with E-state index in [0.29, 0.717) is 30.3 Å². The van der Waals surface area contributed by atoms with Crippen molar-refractivity contribution < 1.29 is 36.6 Å². The molecule has 3 N–H and O–H groups in total. The molecule has 2 aromatic carbocycles. The summed E-state index contributed by atoms with van der Waals surface area (Å²) in [6.45, 7) is 2.64. The second-order valence-electron chi connectivity index (χ2n) is 7.41. The molecule has 11 heteroatoms. The van der Waals surface area contributed by atoms with Crippen LogP contribution in [-0.4, -0.2) is 26.8 Å². The van der Waals surface area contributed by atoms with Crippen molar-refractivity contribution in [2.75, 3.05) is 0 Å². The summed E-state index contributed by atoms with van der Waals surface area (Å²) >= 11 is 0. The van der Waals surface area contributed by atoms with Gasteiger partial charge in [0.05, 0.1) is 12.1 Å². The number of hydrogen-bond donors (Lipinski definition) is 2. The number of pyridine rings is 1. The van der Waals surface area contributed by atoms with Gasteiger partial charge in [0.15, 0.2) is 0 Å². The predicted molar refractivity (Wildman–Crippen MR) is 118 cm³/mol. The molecular weight excluding hydrogens is 473 g/mol. The van der Waals surface area contributed by atoms with Crippen LogP contribution in [0.5, 0.6) is 11.6 Å². The molecule has 35 heavy (non-hydrogen) atoms. The van der Waals surface area contributed by atoms with E-state index in [9.17, 15) is 22.0 Å². The van der Waals surface area contributed by atoms with Gasteiger partial charge in [0.1, 0.15) is 17.4 Å². The number of nitrogens with two attached hydrogens (primary N) is 1. The molecule has 4 aromatic rings. The van der Waals surface area contributed by atoms with Crippen LogP contribution in [0.1, 0.15) is 16.8 Å². The first-order chi connectivity index (χ1) is 16.5. The smallest absolute Gasteiger partial charge is 0.475 e. The van der Waals surface area contributed by atoms with Crippen LogP contribution in [0.4, 0.5) is 22.0 Å². The second kappa shape index (κ2) is 10.5. The van der Waals surface area contributed by atoms with Crippen molar-refractivity contribution in [1.29, 1.82) is 0 Å². The monoisotopic (exact) mass is 493 g/mol. The maximum Gasteiger partial charge on any atom is 0.490 e. The standard InChI is InChI=1S/C22H19F2N3O.C2HF3O2/c1-14-9-18-20(27(14)13-16-5-6-17(23)11-19(16)24)3-2-4-21(18)28-22-10-15(12-25)7-8-26-22;3-2(4,5)1(6)7/h2-11H,12-13,25H2,1H3;(H,6,7). The number of fused-ring (bicyclic) bond motifs is 1. The lowest BCUT2D eigenvalue weighted by atomic mass is 10.2. The van der Waals surface area contributed by atoms with Gasteiger partial charge >= 0.3 is 12.1 Å². The third-order valence-corrected chi connectivity index (χ3v) is 4.95. The third kappa shape index (κ3) is 6.33. The van der Waals surface area contributed by atoms with Crippen LogP contribution < -0.4 is 10.5 Å². The lowest BCUT2D eigenvalue weighted by Gasteiger charge is -2.11. The molecule has 0 atom stereocenters. The number of aromatic nitrogens is 2. The van der Waals surface area contributed by atoms with E-state index in [1.54, 1.807) is 12.3 Å². The molecule has 0 radical (unpaired) electrons. The number of benzene rings is 2. The summed E-state index contributed by atoms with van der Waals surface area (Å²) in [4.78, 5) is 13.1. The lowest BCUT2D eigenvalue weighted by molar-refractivity contribution is -0.192. The van der Waals surface area contributed by atoms with Crippen molar-refractivity contribution in [2.24, 2.45) is 5.73 Å². The van der Waals surface area contributed by atoms with Gasteiger partial charge in [0.2, 0.25) is 5.88 Å². The number of ether oxygens (including phenoxy) is 1. The van der Waals surface area contributed by atoms with Gasteiger partial charge in [-0.1, -0.05) is 12.1 Å². The molecule has 2 heterocycles. The van der Waals surface area contributed by atoms with E-state index in [1.807, 2.05) is 41.8 Å². The summed E-state index contributed by atoms with van der Waals surface area (Å²) in [7, 11) is 0. The zero-order valence-corrected chi connectivity index (χ0v) is 18.3. The van der Waals surface area contributed by atoms with Crippen LogP contribution in [-0.2, 0) is 17.9 Å². The Morgan fingerprint density at radius 3 is 2.46 bits per heavy atom. The maximum atomic E-state index is 14.1. The molecule has 6 nitrogen and oxygen atoms in total. The highest BCUT2D eigenvalue weighted by Crippen LogP contribution is 2.32. The van der Waals surface area contributed by atoms with Crippen molar-refractivity contribution in [1.82, 2.24) is 9.55 Å². The molecule has 0 fully saturated rings. The zero-order valence-electron chi connectivity index (χ0n) is 18.3. The van der Waals surface area contributed by atoms with E-state index in [0.717, 1.165) is 28.2 Å². The van der Waals surface area contributed by atoms with E-state index in [4.69, 9.17) is 20.4 Å². The zero-order chi connectivity index (χ0) is 25.8. The van der Waals surface area contributed by atoms with E-state index < -0.39 is 23.8 Å². The number of aliphatic carboxylic acids is 1. The minimum absolute atomic E-state index is 0.297. The maximum absolute atomic E-state index is 14.1. The second-order valence-corrected chi connectivity index (χ2v) is 7.41. The largest absolute Gasteiger partial charge is 0.490 e. The average Bonchev–Trinajstić information content (AvgIpc) is 3.11. The highest BCUT2D eigenvalue weighted by Gasteiger charge is 2.38. The van der Waals surface area contributed by atoms with Crippen LogP contribution >= 0.6 is 0 Å². The highest BCUT2D eigenvalue weighted by molar-refractivity contribution is 5.87. The molecule has 2 aromatic heterocycles. The minimum atomic E-state index is -5.08. The highest BCUT2D eigenvalue weighted by atomic mass is 19.4. The molecule has 0 bridgehead atoms. The lowest BCUT2D eigenvalue weighted by Crippen LogP contribution is -2.21. The number of carbonyl (C=O) groups is 1. The van der Waals surface area contributed by atoms with Gasteiger partial charge in [-0.3, -0.25) is 0 Å². The van der Waals surface area contributed by atoms with Gasteiger partial charge in [-0.25, -0.2) is 18.6 Å². The van der Waals surface area contributed by atoms with Crippen molar-refractivity contribution in [3.63, 3.8) is 0 Å². The van der Waals surface area contributed by atoms with E-state index >= 15 is 0 Å². The molecular formula is C24H20F5N3O3. The molecule has 0 amide bonds. The molecule has 0 aliphatic heterocycles. The Morgan fingerprint density at radius 1 is 1.11 bits per heavy atom. The Kier molecular flexibility index (Phi) is 7.70. The molecule has 0 unspecified atom stereocenters. The Morgan fingerprint density at radius 2 is 1.83 bits per heavy atom. The summed E-state index contributed by atoms with van der Waals surface area (Å²) in [5, 5.41) is 8.02. The van der Waals surface area contributed by atoms with Crippen LogP contribution in [0, 0.1) is 18.6 Å². The van der Waals surface area contributed by atoms with E-state index in [1.165, 1.54) is 12.1 Å². The van der Waals surface area contributed by atoms with Crippen LogP contribution in [0.2, 0.25) is 0 Å². The first kappa shape index (κ1) is 25.6. The average molecular weight is 493 g/mol. The number of halogens is 5. The molecule has 4 rings (SSSR count). The van der Waals surface area contributed by atoms with E-state index in [2.05, 4.69) is 4.98 Å². The normalized spacial score (nSPS) is 11.2. The van der Waals surface area contributed by atoms with Crippen molar-refractivity contribution in [3.05, 3.63) is 89.2 Å². The first-order valence-corrected chi connectivity index (χ1v) is 10.2. The fraction of sp³-hybridized carbons (Fsp3) is 0.167. The molecule has 0 saturated carbocycles. The van der Waals surface area contributed by atoms with Gasteiger partial charge < -0.3 is 20.1 Å². The quantitative estimate of drug-likeness (QED) is 0.356. The van der Waals surface area contributed by atoms with Gasteiger partial charge in [-0.05, 0) is 42.8 Å². The first-order valence-electron chi connectivity index (χ1n) is 10.2. The molecule has 0 aliphatic rings. The topological polar surface area (TPSA) is 90.4 Å². The van der Waals surface area contributed by atoms with Crippen LogP contribution in [0.3, 0.4) is 0 Å². The van der Waals surface area contributed by atoms with E-state index in [-0.39, 0.29) is 0 Å². The van der Waals surface area contributed by atoms with Gasteiger partial charge in [0, 0.05) is 41.5 Å². The Labute approximate surface area is 196 Å². The van der Waals surface area contributed by atoms with Crippen molar-refractivity contribution >= 4 is 16.9 Å². The summed E-state index contributed by atoms with van der Waals surface area (Å²) in [5.74, 6) is -2.78. The number of hydrogen-bond acceptors (Lipinski definition) is 4. The fourth-order valence-corrected chi connectivity index (χ4v) is 3.25. The summed E-state index contributed by atoms with van der Waals surface area (Å²) in [6, 6.07) is 15.0. The Bertz CT molecular complexity index is 1350. The number of rotatable bonds is 5. The molecule has 0 spiro atoms. The summed E-state index contributed by atoms with van der Waals surface area (Å²) < 4.78 is 67.0. The number of carboxylic acid groups (broad SMARTS) is 1. The number of alkyl halides is 3. The number of nitrogens with zero attached hydrogens (tertiary/aromatic N) is 2. The fourth-order valence-electron chi connectivity index (χ4n) is 3.25. The predicted octanol–water partition coefficient (Wildman–Crippen LogP) is 5.56. The van der Waals surface area contributed by atoms with Crippen molar-refractivity contribution in [2.45, 2.75) is 26.2 Å². The Hall–Kier alpha value is -3.99. The number of carboxylic acids is 1. The third-order valence-electron chi connectivity index (χ3n) is 4.95. The Balaban J connectivity index is 0.000000429. The summed E-state index contributed by atoms with van der Waals surface area (Å²) in [6.07, 6.45) is -3.43. The minimum Gasteiger partial charge on any atom is -0.475 e. The molecule has 0 aliphatic carbocycles. The SMILES string of the molecule is Cc1cc2c(Oc3cc(CN)ccn3)cccc2n1Cc1ccc(F)cc1F.O=C(O)C(F)(F)F. The molecule has 184 valence electrons.